The van der Waals surface area contributed by atoms with Crippen LogP contribution in [-0.4, -0.2) is 79.4 Å². The Hall–Kier alpha value is -2.45. The molecule has 0 spiro atoms. The van der Waals surface area contributed by atoms with Crippen LogP contribution in [0.4, 0.5) is 5.69 Å². The molecule has 1 aromatic rings. The van der Waals surface area contributed by atoms with E-state index in [0.29, 0.717) is 19.4 Å². The normalized spacial score (nSPS) is 22.3. The Balaban J connectivity index is 1.27. The largest absolute Gasteiger partial charge is 0.368 e. The second-order valence-corrected chi connectivity index (χ2v) is 8.65. The lowest BCUT2D eigenvalue weighted by molar-refractivity contribution is -0.134. The Morgan fingerprint density at radius 2 is 1.53 bits per heavy atom. The number of hydrogen-bond acceptors (Lipinski definition) is 6. The molecule has 0 bridgehead atoms. The zero-order valence-electron chi connectivity index (χ0n) is 17.4. The van der Waals surface area contributed by atoms with E-state index >= 15 is 0 Å². The highest BCUT2D eigenvalue weighted by Gasteiger charge is 2.27. The fourth-order valence-corrected chi connectivity index (χ4v) is 4.59. The minimum atomic E-state index is -0.200. The van der Waals surface area contributed by atoms with Crippen LogP contribution in [0.1, 0.15) is 37.2 Å². The topological polar surface area (TPSA) is 99.0 Å². The molecule has 3 fully saturated rings. The Labute approximate surface area is 177 Å². The number of nitrogens with two attached hydrogens (primary N) is 1. The number of benzene rings is 1. The van der Waals surface area contributed by atoms with Crippen molar-refractivity contribution >= 4 is 23.4 Å². The molecule has 8 nitrogen and oxygen atoms in total. The first-order valence-electron chi connectivity index (χ1n) is 10.9. The first-order chi connectivity index (χ1) is 14.5. The average Bonchev–Trinajstić information content (AvgIpc) is 2.75. The van der Waals surface area contributed by atoms with E-state index in [9.17, 15) is 14.4 Å². The fourth-order valence-electron chi connectivity index (χ4n) is 4.59. The van der Waals surface area contributed by atoms with Gasteiger partial charge in [0.15, 0.2) is 0 Å². The summed E-state index contributed by atoms with van der Waals surface area (Å²) in [6, 6.07) is 8.43. The smallest absolute Gasteiger partial charge is 0.236 e. The number of hydrogen-bond donors (Lipinski definition) is 2. The van der Waals surface area contributed by atoms with Crippen LogP contribution < -0.4 is 16.0 Å². The quantitative estimate of drug-likeness (QED) is 0.688. The molecular weight excluding hydrogens is 382 g/mol. The molecule has 3 aliphatic rings. The third kappa shape index (κ3) is 4.99. The molecule has 1 aromatic carbocycles. The lowest BCUT2D eigenvalue weighted by atomic mass is 9.89. The predicted octanol–water partition coefficient (Wildman–Crippen LogP) is 0.279. The highest BCUT2D eigenvalue weighted by atomic mass is 16.2. The molecule has 3 amide bonds. The van der Waals surface area contributed by atoms with E-state index < -0.39 is 0 Å². The van der Waals surface area contributed by atoms with Gasteiger partial charge in [-0.1, -0.05) is 12.1 Å². The summed E-state index contributed by atoms with van der Waals surface area (Å²) < 4.78 is 0. The molecule has 3 saturated heterocycles. The lowest BCUT2D eigenvalue weighted by Crippen LogP contribution is -2.52. The zero-order chi connectivity index (χ0) is 21.1. The monoisotopic (exact) mass is 413 g/mol. The summed E-state index contributed by atoms with van der Waals surface area (Å²) in [5.74, 6) is -0.234. The standard InChI is InChI=1S/C22H31N5O3/c23-18-5-7-25(8-6-18)15-22(30)27-11-9-26(10-12-27)19-3-1-16(2-4-19)17-13-20(28)24-21(29)14-17/h1-4,17-18H,5-15,23H2,(H,24,28,29). The second-order valence-electron chi connectivity index (χ2n) is 8.65. The fraction of sp³-hybridized carbons (Fsp3) is 0.591. The Kier molecular flexibility index (Phi) is 6.34. The van der Waals surface area contributed by atoms with Crippen molar-refractivity contribution in [2.75, 3.05) is 50.7 Å². The van der Waals surface area contributed by atoms with Gasteiger partial charge in [-0.25, -0.2) is 0 Å². The SMILES string of the molecule is NC1CCN(CC(=O)N2CCN(c3ccc(C4CC(=O)NC(=O)C4)cc3)CC2)CC1. The maximum absolute atomic E-state index is 12.6. The number of piperidine rings is 2. The van der Waals surface area contributed by atoms with Crippen LogP contribution in [0.2, 0.25) is 0 Å². The average molecular weight is 414 g/mol. The van der Waals surface area contributed by atoms with Gasteiger partial charge >= 0.3 is 0 Å². The number of nitrogens with one attached hydrogen (secondary N) is 1. The number of nitrogens with zero attached hydrogens (tertiary/aromatic N) is 3. The minimum Gasteiger partial charge on any atom is -0.368 e. The molecule has 0 atom stereocenters. The maximum Gasteiger partial charge on any atom is 0.236 e. The van der Waals surface area contributed by atoms with Gasteiger partial charge in [0.2, 0.25) is 17.7 Å². The first kappa shape index (κ1) is 20.8. The van der Waals surface area contributed by atoms with Crippen molar-refractivity contribution < 1.29 is 14.4 Å². The van der Waals surface area contributed by atoms with Crippen LogP contribution in [0.15, 0.2) is 24.3 Å². The Bertz CT molecular complexity index is 764. The van der Waals surface area contributed by atoms with Gasteiger partial charge in [0.05, 0.1) is 6.54 Å². The van der Waals surface area contributed by atoms with Gasteiger partial charge in [-0.2, -0.15) is 0 Å². The summed E-state index contributed by atoms with van der Waals surface area (Å²) in [5.41, 5.74) is 8.08. The first-order valence-corrected chi connectivity index (χ1v) is 10.9. The molecule has 162 valence electrons. The molecule has 0 unspecified atom stereocenters. The van der Waals surface area contributed by atoms with Crippen LogP contribution in [0.5, 0.6) is 0 Å². The van der Waals surface area contributed by atoms with Crippen LogP contribution >= 0.6 is 0 Å². The molecule has 8 heteroatoms. The number of carbonyl (C=O) groups excluding carboxylic acids is 3. The molecule has 30 heavy (non-hydrogen) atoms. The molecule has 3 aliphatic heterocycles. The molecule has 3 N–H and O–H groups in total. The van der Waals surface area contributed by atoms with Crippen LogP contribution in [0, 0.1) is 0 Å². The van der Waals surface area contributed by atoms with Gasteiger partial charge in [-0.05, 0) is 30.5 Å². The van der Waals surface area contributed by atoms with Crippen molar-refractivity contribution in [3.8, 4) is 0 Å². The number of carbonyl (C=O) groups is 3. The summed E-state index contributed by atoms with van der Waals surface area (Å²) in [6.45, 7) is 5.38. The van der Waals surface area contributed by atoms with E-state index in [-0.39, 0.29) is 29.7 Å². The van der Waals surface area contributed by atoms with Crippen molar-refractivity contribution in [1.82, 2.24) is 15.1 Å². The van der Waals surface area contributed by atoms with E-state index in [2.05, 4.69) is 27.2 Å². The van der Waals surface area contributed by atoms with Crippen molar-refractivity contribution in [2.45, 2.75) is 37.6 Å². The van der Waals surface area contributed by atoms with Crippen molar-refractivity contribution in [3.05, 3.63) is 29.8 Å². The summed E-state index contributed by atoms with van der Waals surface area (Å²) in [7, 11) is 0. The van der Waals surface area contributed by atoms with Gasteiger partial charge in [-0.3, -0.25) is 24.6 Å². The van der Waals surface area contributed by atoms with Crippen LogP contribution in [0.25, 0.3) is 0 Å². The van der Waals surface area contributed by atoms with Gasteiger partial charge in [0.1, 0.15) is 0 Å². The number of rotatable bonds is 4. The molecule has 4 rings (SSSR count). The van der Waals surface area contributed by atoms with Gasteiger partial charge in [0.25, 0.3) is 0 Å². The van der Waals surface area contributed by atoms with E-state index in [1.165, 1.54) is 0 Å². The minimum absolute atomic E-state index is 0.0425. The highest BCUT2D eigenvalue weighted by Crippen LogP contribution is 2.28. The lowest BCUT2D eigenvalue weighted by Gasteiger charge is -2.38. The van der Waals surface area contributed by atoms with Crippen LogP contribution in [0.3, 0.4) is 0 Å². The van der Waals surface area contributed by atoms with Crippen LogP contribution in [-0.2, 0) is 14.4 Å². The van der Waals surface area contributed by atoms with E-state index in [1.54, 1.807) is 0 Å². The zero-order valence-corrected chi connectivity index (χ0v) is 17.4. The number of piperazine rings is 1. The Morgan fingerprint density at radius 1 is 0.933 bits per heavy atom. The summed E-state index contributed by atoms with van der Waals surface area (Å²) in [4.78, 5) is 42.3. The van der Waals surface area contributed by atoms with E-state index in [0.717, 1.165) is 63.4 Å². The number of imide groups is 1. The number of anilines is 1. The Morgan fingerprint density at radius 3 is 2.13 bits per heavy atom. The summed E-state index contributed by atoms with van der Waals surface area (Å²) in [5, 5.41) is 2.36. The molecule has 0 saturated carbocycles. The van der Waals surface area contributed by atoms with Gasteiger partial charge < -0.3 is 15.5 Å². The predicted molar refractivity (Wildman–Crippen MR) is 114 cm³/mol. The van der Waals surface area contributed by atoms with E-state index in [4.69, 9.17) is 5.73 Å². The van der Waals surface area contributed by atoms with Crippen molar-refractivity contribution in [2.24, 2.45) is 5.73 Å². The van der Waals surface area contributed by atoms with Crippen molar-refractivity contribution in [1.29, 1.82) is 0 Å². The highest BCUT2D eigenvalue weighted by molar-refractivity contribution is 5.98. The molecule has 0 aromatic heterocycles. The molecule has 0 aliphatic carbocycles. The molecular formula is C22H31N5O3. The third-order valence-electron chi connectivity index (χ3n) is 6.50. The maximum atomic E-state index is 12.6. The second kappa shape index (κ2) is 9.14. The van der Waals surface area contributed by atoms with Crippen molar-refractivity contribution in [3.63, 3.8) is 0 Å². The summed E-state index contributed by atoms with van der Waals surface area (Å²) in [6.07, 6.45) is 2.65. The number of amides is 3. The van der Waals surface area contributed by atoms with Gasteiger partial charge in [0, 0.05) is 69.8 Å². The third-order valence-corrected chi connectivity index (χ3v) is 6.50. The van der Waals surface area contributed by atoms with Gasteiger partial charge in [-0.15, -0.1) is 0 Å². The summed E-state index contributed by atoms with van der Waals surface area (Å²) >= 11 is 0. The number of likely N-dealkylation sites (tertiary alicyclic amines) is 1. The van der Waals surface area contributed by atoms with E-state index in [1.807, 2.05) is 17.0 Å². The molecule has 0 radical (unpaired) electrons. The molecule has 3 heterocycles.